The van der Waals surface area contributed by atoms with Gasteiger partial charge in [0.15, 0.2) is 0 Å². The minimum absolute atomic E-state index is 0.225. The van der Waals surface area contributed by atoms with Crippen LogP contribution in [0, 0.1) is 0 Å². The van der Waals surface area contributed by atoms with Gasteiger partial charge in [-0.15, -0.1) is 0 Å². The lowest BCUT2D eigenvalue weighted by atomic mass is 10.2. The van der Waals surface area contributed by atoms with Gasteiger partial charge in [-0.05, 0) is 12.5 Å². The van der Waals surface area contributed by atoms with Gasteiger partial charge in [0.1, 0.15) is 0 Å². The molecule has 0 saturated heterocycles. The summed E-state index contributed by atoms with van der Waals surface area (Å²) in [5.74, 6) is -0.225. The first-order chi connectivity index (χ1) is 9.11. The van der Waals surface area contributed by atoms with Gasteiger partial charge >= 0.3 is 0 Å². The first kappa shape index (κ1) is 13.1. The number of nitrogens with zero attached hydrogens (tertiary/aromatic N) is 3. The monoisotopic (exact) mass is 259 g/mol. The molecule has 0 bridgehead atoms. The number of pyridine rings is 1. The third-order valence-corrected chi connectivity index (χ3v) is 2.87. The lowest BCUT2D eigenvalue weighted by Crippen LogP contribution is -2.24. The maximum Gasteiger partial charge on any atom is 0.255 e. The smallest absolute Gasteiger partial charge is 0.255 e. The minimum atomic E-state index is -0.225. The molecule has 0 radical (unpaired) electrons. The van der Waals surface area contributed by atoms with Crippen molar-refractivity contribution in [1.29, 1.82) is 0 Å². The first-order valence-corrected chi connectivity index (χ1v) is 6.11. The van der Waals surface area contributed by atoms with Crippen LogP contribution in [0.25, 0.3) is 0 Å². The normalized spacial score (nSPS) is 10.4. The lowest BCUT2D eigenvalue weighted by molar-refractivity contribution is 0.0951. The molecule has 6 heteroatoms. The molecule has 1 amide bonds. The summed E-state index contributed by atoms with van der Waals surface area (Å²) in [6, 6.07) is 1.61. The van der Waals surface area contributed by atoms with Crippen LogP contribution in [-0.2, 0) is 20.0 Å². The predicted molar refractivity (Wildman–Crippen MR) is 72.4 cm³/mol. The number of hydrogen-bond acceptors (Lipinski definition) is 4. The second kappa shape index (κ2) is 5.51. The summed E-state index contributed by atoms with van der Waals surface area (Å²) in [5, 5.41) is 7.16. The van der Waals surface area contributed by atoms with E-state index >= 15 is 0 Å². The average Bonchev–Trinajstić information content (AvgIpc) is 2.77. The van der Waals surface area contributed by atoms with Gasteiger partial charge in [-0.3, -0.25) is 14.5 Å². The summed E-state index contributed by atoms with van der Waals surface area (Å²) in [6.07, 6.45) is 5.77. The lowest BCUT2D eigenvalue weighted by Gasteiger charge is -2.06. The van der Waals surface area contributed by atoms with Gasteiger partial charge in [-0.25, -0.2) is 0 Å². The van der Waals surface area contributed by atoms with E-state index in [4.69, 9.17) is 5.73 Å². The molecule has 6 nitrogen and oxygen atoms in total. The predicted octanol–water partition coefficient (Wildman–Crippen LogP) is 0.890. The van der Waals surface area contributed by atoms with Crippen molar-refractivity contribution in [2.75, 3.05) is 5.73 Å². The second-order valence-corrected chi connectivity index (χ2v) is 4.27. The highest BCUT2D eigenvalue weighted by atomic mass is 16.1. The van der Waals surface area contributed by atoms with Gasteiger partial charge in [0, 0.05) is 43.4 Å². The van der Waals surface area contributed by atoms with Crippen molar-refractivity contribution < 1.29 is 4.79 Å². The summed E-state index contributed by atoms with van der Waals surface area (Å²) >= 11 is 0. The van der Waals surface area contributed by atoms with E-state index in [0.29, 0.717) is 17.8 Å². The third kappa shape index (κ3) is 2.90. The van der Waals surface area contributed by atoms with E-state index < -0.39 is 0 Å². The molecule has 0 fully saturated rings. The van der Waals surface area contributed by atoms with Gasteiger partial charge in [0.2, 0.25) is 0 Å². The molecule has 2 heterocycles. The average molecular weight is 259 g/mol. The highest BCUT2D eigenvalue weighted by Gasteiger charge is 2.11. The Bertz CT molecular complexity index is 590. The van der Waals surface area contributed by atoms with Crippen molar-refractivity contribution in [3.05, 3.63) is 41.5 Å². The Labute approximate surface area is 111 Å². The SMILES string of the molecule is CCc1nn(C)cc1CNC(=O)c1cnccc1N. The number of carbonyl (C=O) groups excluding carboxylic acids is 1. The van der Waals surface area contributed by atoms with Gasteiger partial charge < -0.3 is 11.1 Å². The van der Waals surface area contributed by atoms with Crippen molar-refractivity contribution in [2.45, 2.75) is 19.9 Å². The van der Waals surface area contributed by atoms with Crippen LogP contribution in [0.3, 0.4) is 0 Å². The number of nitrogens with one attached hydrogen (secondary N) is 1. The fraction of sp³-hybridized carbons (Fsp3) is 0.308. The Kier molecular flexibility index (Phi) is 3.79. The molecular formula is C13H17N5O. The minimum Gasteiger partial charge on any atom is -0.398 e. The number of anilines is 1. The fourth-order valence-corrected chi connectivity index (χ4v) is 1.89. The summed E-state index contributed by atoms with van der Waals surface area (Å²) in [6.45, 7) is 2.47. The van der Waals surface area contributed by atoms with Crippen LogP contribution in [0.15, 0.2) is 24.7 Å². The van der Waals surface area contributed by atoms with Crippen LogP contribution in [0.5, 0.6) is 0 Å². The van der Waals surface area contributed by atoms with Crippen LogP contribution in [0.4, 0.5) is 5.69 Å². The first-order valence-electron chi connectivity index (χ1n) is 6.11. The van der Waals surface area contributed by atoms with E-state index in [9.17, 15) is 4.79 Å². The Morgan fingerprint density at radius 2 is 2.32 bits per heavy atom. The number of carbonyl (C=O) groups is 1. The van der Waals surface area contributed by atoms with E-state index in [1.807, 2.05) is 20.2 Å². The van der Waals surface area contributed by atoms with Crippen molar-refractivity contribution in [3.63, 3.8) is 0 Å². The zero-order valence-corrected chi connectivity index (χ0v) is 11.1. The van der Waals surface area contributed by atoms with E-state index in [-0.39, 0.29) is 5.91 Å². The summed E-state index contributed by atoms with van der Waals surface area (Å²) < 4.78 is 1.75. The molecule has 0 aliphatic carbocycles. The number of nitrogen functional groups attached to an aromatic ring is 1. The zero-order chi connectivity index (χ0) is 13.8. The molecule has 19 heavy (non-hydrogen) atoms. The maximum atomic E-state index is 12.0. The summed E-state index contributed by atoms with van der Waals surface area (Å²) in [5.41, 5.74) is 8.55. The molecule has 0 saturated carbocycles. The molecule has 0 atom stereocenters. The molecule has 3 N–H and O–H groups in total. The maximum absolute atomic E-state index is 12.0. The van der Waals surface area contributed by atoms with E-state index in [0.717, 1.165) is 17.7 Å². The highest BCUT2D eigenvalue weighted by Crippen LogP contribution is 2.10. The Balaban J connectivity index is 2.06. The van der Waals surface area contributed by atoms with Crippen LogP contribution in [0.2, 0.25) is 0 Å². The molecule has 100 valence electrons. The van der Waals surface area contributed by atoms with Crippen LogP contribution in [0.1, 0.15) is 28.5 Å². The van der Waals surface area contributed by atoms with Crippen LogP contribution in [-0.4, -0.2) is 20.7 Å². The quantitative estimate of drug-likeness (QED) is 0.853. The van der Waals surface area contributed by atoms with Crippen molar-refractivity contribution >= 4 is 11.6 Å². The van der Waals surface area contributed by atoms with E-state index in [1.165, 1.54) is 6.20 Å². The summed E-state index contributed by atoms with van der Waals surface area (Å²) in [7, 11) is 1.86. The Morgan fingerprint density at radius 1 is 1.53 bits per heavy atom. The molecule has 2 aromatic rings. The van der Waals surface area contributed by atoms with Crippen LogP contribution >= 0.6 is 0 Å². The fourth-order valence-electron chi connectivity index (χ4n) is 1.89. The zero-order valence-electron chi connectivity index (χ0n) is 11.1. The third-order valence-electron chi connectivity index (χ3n) is 2.87. The molecule has 0 aliphatic heterocycles. The van der Waals surface area contributed by atoms with Gasteiger partial charge in [-0.1, -0.05) is 6.92 Å². The number of rotatable bonds is 4. The molecule has 0 aliphatic rings. The number of amides is 1. The molecule has 0 unspecified atom stereocenters. The number of nitrogens with two attached hydrogens (primary N) is 1. The van der Waals surface area contributed by atoms with E-state index in [2.05, 4.69) is 15.4 Å². The molecule has 0 spiro atoms. The second-order valence-electron chi connectivity index (χ2n) is 4.27. The molecular weight excluding hydrogens is 242 g/mol. The van der Waals surface area contributed by atoms with Crippen LogP contribution < -0.4 is 11.1 Å². The topological polar surface area (TPSA) is 85.8 Å². The van der Waals surface area contributed by atoms with Gasteiger partial charge in [0.25, 0.3) is 5.91 Å². The summed E-state index contributed by atoms with van der Waals surface area (Å²) in [4.78, 5) is 15.9. The van der Waals surface area contributed by atoms with Gasteiger partial charge in [-0.2, -0.15) is 5.10 Å². The standard InChI is InChI=1S/C13H17N5O/c1-3-12-9(8-18(2)17-12)6-16-13(19)10-7-15-5-4-11(10)14/h4-5,7-8H,3,6H2,1-2H3,(H2,14,15)(H,16,19). The number of aromatic nitrogens is 3. The number of hydrogen-bond donors (Lipinski definition) is 2. The largest absolute Gasteiger partial charge is 0.398 e. The van der Waals surface area contributed by atoms with Crippen molar-refractivity contribution in [3.8, 4) is 0 Å². The molecule has 0 aromatic carbocycles. The molecule has 2 aromatic heterocycles. The van der Waals surface area contributed by atoms with Gasteiger partial charge in [0.05, 0.1) is 11.3 Å². The number of aryl methyl sites for hydroxylation is 2. The highest BCUT2D eigenvalue weighted by molar-refractivity contribution is 5.98. The van der Waals surface area contributed by atoms with Crippen molar-refractivity contribution in [2.24, 2.45) is 7.05 Å². The van der Waals surface area contributed by atoms with Crippen molar-refractivity contribution in [1.82, 2.24) is 20.1 Å². The Hall–Kier alpha value is -2.37. The Morgan fingerprint density at radius 3 is 3.00 bits per heavy atom. The molecule has 2 rings (SSSR count). The van der Waals surface area contributed by atoms with E-state index in [1.54, 1.807) is 16.9 Å².